The van der Waals surface area contributed by atoms with E-state index in [9.17, 15) is 9.00 Å². The molecule has 4 nitrogen and oxygen atoms in total. The fourth-order valence-electron chi connectivity index (χ4n) is 2.01. The Morgan fingerprint density at radius 1 is 1.09 bits per heavy atom. The van der Waals surface area contributed by atoms with Gasteiger partial charge in [0.2, 0.25) is 5.91 Å². The van der Waals surface area contributed by atoms with Crippen LogP contribution in [0.25, 0.3) is 0 Å². The van der Waals surface area contributed by atoms with E-state index < -0.39 is 10.8 Å². The van der Waals surface area contributed by atoms with Gasteiger partial charge in [-0.1, -0.05) is 36.4 Å². The molecule has 0 radical (unpaired) electrons. The fraction of sp³-hybridized carbons (Fsp3) is 0.235. The number of benzene rings is 2. The number of hydrogen-bond donors (Lipinski definition) is 1. The molecule has 1 unspecified atom stereocenters. The Morgan fingerprint density at radius 3 is 2.50 bits per heavy atom. The number of nitrogens with one attached hydrogen (secondary N) is 1. The summed E-state index contributed by atoms with van der Waals surface area (Å²) in [5.74, 6) is 0.744. The van der Waals surface area contributed by atoms with Crippen molar-refractivity contribution >= 4 is 22.4 Å². The van der Waals surface area contributed by atoms with Crippen LogP contribution in [0.1, 0.15) is 12.5 Å². The predicted octanol–water partition coefficient (Wildman–Crippen LogP) is 2.97. The zero-order valence-electron chi connectivity index (χ0n) is 12.5. The van der Waals surface area contributed by atoms with E-state index in [-0.39, 0.29) is 11.7 Å². The topological polar surface area (TPSA) is 55.4 Å². The number of ether oxygens (including phenoxy) is 1. The van der Waals surface area contributed by atoms with Crippen LogP contribution in [0, 0.1) is 0 Å². The third-order valence-corrected chi connectivity index (χ3v) is 4.16. The lowest BCUT2D eigenvalue weighted by Gasteiger charge is -2.10. The number of hydrogen-bond acceptors (Lipinski definition) is 3. The monoisotopic (exact) mass is 317 g/mol. The molecule has 2 rings (SSSR count). The normalized spacial score (nSPS) is 11.7. The first-order valence-electron chi connectivity index (χ1n) is 7.09. The van der Waals surface area contributed by atoms with E-state index in [0.29, 0.717) is 18.0 Å². The molecule has 0 saturated heterocycles. The van der Waals surface area contributed by atoms with Gasteiger partial charge in [0.25, 0.3) is 0 Å². The summed E-state index contributed by atoms with van der Waals surface area (Å²) in [7, 11) is -1.28. The van der Waals surface area contributed by atoms with Crippen LogP contribution >= 0.6 is 0 Å². The van der Waals surface area contributed by atoms with E-state index in [0.717, 1.165) is 11.3 Å². The molecule has 0 aliphatic rings. The summed E-state index contributed by atoms with van der Waals surface area (Å²) < 4.78 is 17.7. The molecule has 1 atom stereocenters. The van der Waals surface area contributed by atoms with Gasteiger partial charge in [-0.25, -0.2) is 0 Å². The van der Waals surface area contributed by atoms with Crippen LogP contribution in [0.15, 0.2) is 54.6 Å². The first-order chi connectivity index (χ1) is 10.7. The van der Waals surface area contributed by atoms with Crippen LogP contribution in [0.2, 0.25) is 0 Å². The summed E-state index contributed by atoms with van der Waals surface area (Å²) >= 11 is 0. The maximum Gasteiger partial charge on any atom is 0.237 e. The van der Waals surface area contributed by atoms with Crippen LogP contribution < -0.4 is 10.1 Å². The van der Waals surface area contributed by atoms with E-state index in [1.54, 1.807) is 12.1 Å². The number of amides is 1. The largest absolute Gasteiger partial charge is 0.494 e. The zero-order chi connectivity index (χ0) is 15.8. The Hall–Kier alpha value is -2.14. The van der Waals surface area contributed by atoms with Crippen molar-refractivity contribution in [2.75, 3.05) is 17.7 Å². The average molecular weight is 317 g/mol. The van der Waals surface area contributed by atoms with Gasteiger partial charge in [-0.05, 0) is 25.1 Å². The minimum Gasteiger partial charge on any atom is -0.494 e. The van der Waals surface area contributed by atoms with E-state index in [1.807, 2.05) is 49.4 Å². The lowest BCUT2D eigenvalue weighted by atomic mass is 10.2. The first kappa shape index (κ1) is 16.2. The van der Waals surface area contributed by atoms with Gasteiger partial charge in [-0.3, -0.25) is 9.00 Å². The van der Waals surface area contributed by atoms with Gasteiger partial charge in [-0.15, -0.1) is 0 Å². The molecule has 0 heterocycles. The van der Waals surface area contributed by atoms with Gasteiger partial charge in [0.15, 0.2) is 0 Å². The molecule has 0 saturated carbocycles. The number of para-hydroxylation sites is 2. The lowest BCUT2D eigenvalue weighted by molar-refractivity contribution is -0.113. The predicted molar refractivity (Wildman–Crippen MR) is 89.4 cm³/mol. The van der Waals surface area contributed by atoms with Crippen LogP contribution in [0.5, 0.6) is 5.75 Å². The summed E-state index contributed by atoms with van der Waals surface area (Å²) in [5, 5.41) is 2.74. The Morgan fingerprint density at radius 2 is 1.77 bits per heavy atom. The van der Waals surface area contributed by atoms with Crippen molar-refractivity contribution in [3.8, 4) is 5.75 Å². The molecule has 22 heavy (non-hydrogen) atoms. The second kappa shape index (κ2) is 8.34. The highest BCUT2D eigenvalue weighted by atomic mass is 32.2. The number of carbonyl (C=O) groups is 1. The maximum absolute atomic E-state index is 12.2. The van der Waals surface area contributed by atoms with Crippen molar-refractivity contribution in [2.45, 2.75) is 12.7 Å². The maximum atomic E-state index is 12.2. The summed E-state index contributed by atoms with van der Waals surface area (Å²) in [6, 6.07) is 16.6. The Labute approximate surface area is 133 Å². The summed E-state index contributed by atoms with van der Waals surface area (Å²) in [4.78, 5) is 11.9. The van der Waals surface area contributed by atoms with E-state index >= 15 is 0 Å². The van der Waals surface area contributed by atoms with Gasteiger partial charge < -0.3 is 10.1 Å². The molecule has 1 N–H and O–H groups in total. The third kappa shape index (κ3) is 5.00. The molecule has 0 aliphatic carbocycles. The number of anilines is 1. The molecule has 116 valence electrons. The molecule has 0 bridgehead atoms. The van der Waals surface area contributed by atoms with Crippen LogP contribution in [-0.2, 0) is 21.3 Å². The summed E-state index contributed by atoms with van der Waals surface area (Å²) in [5.41, 5.74) is 1.56. The quantitative estimate of drug-likeness (QED) is 0.854. The van der Waals surface area contributed by atoms with Crippen molar-refractivity contribution in [3.63, 3.8) is 0 Å². The number of rotatable bonds is 7. The van der Waals surface area contributed by atoms with Crippen molar-refractivity contribution in [1.82, 2.24) is 0 Å². The van der Waals surface area contributed by atoms with Crippen molar-refractivity contribution in [3.05, 3.63) is 60.2 Å². The molecule has 2 aromatic rings. The minimum atomic E-state index is -1.28. The molecule has 2 aromatic carbocycles. The Bertz CT molecular complexity index is 643. The summed E-state index contributed by atoms with van der Waals surface area (Å²) in [6.07, 6.45) is 0. The highest BCUT2D eigenvalue weighted by Crippen LogP contribution is 2.19. The van der Waals surface area contributed by atoms with Crippen LogP contribution in [0.4, 0.5) is 5.69 Å². The molecule has 0 spiro atoms. The second-order valence-electron chi connectivity index (χ2n) is 4.68. The van der Waals surface area contributed by atoms with Gasteiger partial charge >= 0.3 is 0 Å². The zero-order valence-corrected chi connectivity index (χ0v) is 13.3. The summed E-state index contributed by atoms with van der Waals surface area (Å²) in [6.45, 7) is 2.46. The molecule has 0 aromatic heterocycles. The molecule has 5 heteroatoms. The van der Waals surface area contributed by atoms with Crippen molar-refractivity contribution in [1.29, 1.82) is 0 Å². The molecular formula is C17H19NO3S. The molecule has 0 aliphatic heterocycles. The van der Waals surface area contributed by atoms with E-state index in [1.165, 1.54) is 0 Å². The SMILES string of the molecule is CCOc1ccccc1CS(=O)CC(=O)Nc1ccccc1. The van der Waals surface area contributed by atoms with Gasteiger partial charge in [0.05, 0.1) is 12.4 Å². The van der Waals surface area contributed by atoms with Crippen molar-refractivity contribution in [2.24, 2.45) is 0 Å². The van der Waals surface area contributed by atoms with E-state index in [4.69, 9.17) is 4.74 Å². The standard InChI is InChI=1S/C17H19NO3S/c1-2-21-16-11-7-6-8-14(16)12-22(20)13-17(19)18-15-9-4-3-5-10-15/h3-11H,2,12-13H2,1H3,(H,18,19). The van der Waals surface area contributed by atoms with Gasteiger partial charge in [0, 0.05) is 22.1 Å². The van der Waals surface area contributed by atoms with Crippen LogP contribution in [0.3, 0.4) is 0 Å². The van der Waals surface area contributed by atoms with Crippen molar-refractivity contribution < 1.29 is 13.7 Å². The Balaban J connectivity index is 1.91. The molecule has 1 amide bonds. The van der Waals surface area contributed by atoms with E-state index in [2.05, 4.69) is 5.32 Å². The van der Waals surface area contributed by atoms with Gasteiger partial charge in [0.1, 0.15) is 11.5 Å². The van der Waals surface area contributed by atoms with Gasteiger partial charge in [-0.2, -0.15) is 0 Å². The lowest BCUT2D eigenvalue weighted by Crippen LogP contribution is -2.20. The Kier molecular flexibility index (Phi) is 6.15. The van der Waals surface area contributed by atoms with Crippen LogP contribution in [-0.4, -0.2) is 22.5 Å². The second-order valence-corrected chi connectivity index (χ2v) is 6.14. The smallest absolute Gasteiger partial charge is 0.237 e. The molecule has 0 fully saturated rings. The first-order valence-corrected chi connectivity index (χ1v) is 8.58. The highest BCUT2D eigenvalue weighted by Gasteiger charge is 2.11. The number of carbonyl (C=O) groups excluding carboxylic acids is 1. The third-order valence-electron chi connectivity index (χ3n) is 2.94. The minimum absolute atomic E-state index is 0.0324. The molecular weight excluding hydrogens is 298 g/mol. The fourth-order valence-corrected chi connectivity index (χ4v) is 3.06. The average Bonchev–Trinajstić information content (AvgIpc) is 2.50. The highest BCUT2D eigenvalue weighted by molar-refractivity contribution is 7.85.